The molecule has 2 aromatic carbocycles. The van der Waals surface area contributed by atoms with Gasteiger partial charge in [0, 0.05) is 24.4 Å². The van der Waals surface area contributed by atoms with E-state index in [0.29, 0.717) is 18.8 Å². The van der Waals surface area contributed by atoms with Crippen molar-refractivity contribution >= 4 is 16.1 Å². The minimum atomic E-state index is -3.99. The van der Waals surface area contributed by atoms with Gasteiger partial charge in [-0.3, -0.25) is 0 Å². The zero-order valence-electron chi connectivity index (χ0n) is 24.5. The number of aliphatic hydroxyl groups excluding tert-OH is 1. The monoisotopic (exact) mass is 617 g/mol. The molecule has 0 bridgehead atoms. The highest BCUT2D eigenvalue weighted by Crippen LogP contribution is 2.35. The third kappa shape index (κ3) is 8.37. The Morgan fingerprint density at radius 3 is 2.53 bits per heavy atom. The van der Waals surface area contributed by atoms with Crippen LogP contribution in [0.25, 0.3) is 10.4 Å². The van der Waals surface area contributed by atoms with E-state index in [4.69, 9.17) is 24.5 Å². The molecule has 0 aromatic heterocycles. The van der Waals surface area contributed by atoms with Gasteiger partial charge in [0.25, 0.3) is 0 Å². The molecule has 0 radical (unpaired) electrons. The van der Waals surface area contributed by atoms with Gasteiger partial charge >= 0.3 is 6.09 Å². The smallest absolute Gasteiger partial charge is 0.407 e. The summed E-state index contributed by atoms with van der Waals surface area (Å²) in [5.41, 5.74) is 9.78. The van der Waals surface area contributed by atoms with Crippen molar-refractivity contribution in [2.45, 2.75) is 62.2 Å². The van der Waals surface area contributed by atoms with Crippen LogP contribution in [-0.4, -0.2) is 87.9 Å². The summed E-state index contributed by atoms with van der Waals surface area (Å²) in [6.07, 6.45) is -2.76. The fourth-order valence-corrected chi connectivity index (χ4v) is 6.99. The lowest BCUT2D eigenvalue weighted by molar-refractivity contribution is -0.180. The standard InChI is InChI=1S/C29H39N5O8S/c1-19(2)16-34(43(37,38)22-11-9-21(39-3)10-12-22)17-25(35)23(15-20-7-5-4-6-8-20)31-29(36)42-26-13-14-40-28-27(26)24(18-41-28)32-33-30/h4-12,19,23-28,35H,13-18H2,1-3H3,(H,31,36)/t23-,24-,25+,26-,27-,28-/m0/s1. The predicted octanol–water partition coefficient (Wildman–Crippen LogP) is 3.48. The molecule has 0 spiro atoms. The molecule has 43 heavy (non-hydrogen) atoms. The fraction of sp³-hybridized carbons (Fsp3) is 0.552. The van der Waals surface area contributed by atoms with Crippen molar-refractivity contribution in [2.75, 3.05) is 33.4 Å². The maximum atomic E-state index is 13.7. The molecule has 2 N–H and O–H groups in total. The Morgan fingerprint density at radius 2 is 1.88 bits per heavy atom. The molecule has 2 aliphatic heterocycles. The van der Waals surface area contributed by atoms with Gasteiger partial charge in [-0.1, -0.05) is 49.3 Å². The number of alkyl carbamates (subject to hydrolysis) is 1. The van der Waals surface area contributed by atoms with Gasteiger partial charge in [-0.2, -0.15) is 4.31 Å². The van der Waals surface area contributed by atoms with Crippen LogP contribution in [0.15, 0.2) is 64.6 Å². The first-order valence-electron chi connectivity index (χ1n) is 14.2. The summed E-state index contributed by atoms with van der Waals surface area (Å²) in [5, 5.41) is 18.0. The number of sulfonamides is 1. The van der Waals surface area contributed by atoms with Crippen molar-refractivity contribution in [2.24, 2.45) is 17.0 Å². The van der Waals surface area contributed by atoms with Crippen LogP contribution in [0.2, 0.25) is 0 Å². The number of aliphatic hydroxyl groups is 1. The highest BCUT2D eigenvalue weighted by atomic mass is 32.2. The van der Waals surface area contributed by atoms with Gasteiger partial charge in [0.15, 0.2) is 6.29 Å². The SMILES string of the molecule is COc1ccc(S(=O)(=O)N(CC(C)C)C[C@@H](O)[C@H](Cc2ccccc2)NC(=O)O[C@H]2CCO[C@H]3OC[C@H](N=[N+]=[N-])[C@H]32)cc1. The topological polar surface area (TPSA) is 172 Å². The molecule has 13 nitrogen and oxygen atoms in total. The lowest BCUT2D eigenvalue weighted by atomic mass is 9.92. The lowest BCUT2D eigenvalue weighted by Crippen LogP contribution is -2.52. The highest BCUT2D eigenvalue weighted by Gasteiger charge is 2.47. The van der Waals surface area contributed by atoms with Crippen LogP contribution in [0.4, 0.5) is 4.79 Å². The first-order valence-corrected chi connectivity index (χ1v) is 15.7. The second kappa shape index (κ2) is 14.9. The number of nitrogens with one attached hydrogen (secondary N) is 1. The van der Waals surface area contributed by atoms with Crippen LogP contribution in [0.1, 0.15) is 25.8 Å². The Bertz CT molecular complexity index is 1350. The van der Waals surface area contributed by atoms with E-state index in [2.05, 4.69) is 15.3 Å². The molecule has 0 saturated carbocycles. The summed E-state index contributed by atoms with van der Waals surface area (Å²) in [6.45, 7) is 4.12. The summed E-state index contributed by atoms with van der Waals surface area (Å²) in [4.78, 5) is 16.2. The zero-order valence-corrected chi connectivity index (χ0v) is 25.3. The molecular formula is C29H39N5O8S. The Balaban J connectivity index is 1.53. The van der Waals surface area contributed by atoms with E-state index in [1.54, 1.807) is 12.1 Å². The molecule has 2 saturated heterocycles. The summed E-state index contributed by atoms with van der Waals surface area (Å²) >= 11 is 0. The number of hydrogen-bond acceptors (Lipinski definition) is 9. The molecule has 0 unspecified atom stereocenters. The molecule has 2 aromatic rings. The molecule has 14 heteroatoms. The number of azide groups is 1. The third-order valence-corrected chi connectivity index (χ3v) is 9.33. The molecule has 2 aliphatic rings. The maximum absolute atomic E-state index is 13.7. The summed E-state index contributed by atoms with van der Waals surface area (Å²) in [7, 11) is -2.49. The van der Waals surface area contributed by atoms with E-state index in [0.717, 1.165) is 5.56 Å². The van der Waals surface area contributed by atoms with Gasteiger partial charge in [-0.05, 0) is 47.7 Å². The second-order valence-electron chi connectivity index (χ2n) is 11.1. The molecule has 234 valence electrons. The van der Waals surface area contributed by atoms with E-state index in [-0.39, 0.29) is 36.9 Å². The number of amides is 1. The maximum Gasteiger partial charge on any atom is 0.407 e. The summed E-state index contributed by atoms with van der Waals surface area (Å²) in [6, 6.07) is 13.9. The molecule has 2 heterocycles. The first-order chi connectivity index (χ1) is 20.6. The van der Waals surface area contributed by atoms with Crippen LogP contribution >= 0.6 is 0 Å². The van der Waals surface area contributed by atoms with Crippen LogP contribution in [0, 0.1) is 11.8 Å². The Kier molecular flexibility index (Phi) is 11.2. The van der Waals surface area contributed by atoms with Crippen molar-refractivity contribution < 1.29 is 37.3 Å². The van der Waals surface area contributed by atoms with E-state index in [1.807, 2.05) is 44.2 Å². The van der Waals surface area contributed by atoms with E-state index < -0.39 is 52.6 Å². The summed E-state index contributed by atoms with van der Waals surface area (Å²) in [5.74, 6) is 0.0136. The van der Waals surface area contributed by atoms with Crippen LogP contribution in [0.3, 0.4) is 0 Å². The average Bonchev–Trinajstić information content (AvgIpc) is 3.40. The second-order valence-corrected chi connectivity index (χ2v) is 13.0. The van der Waals surface area contributed by atoms with E-state index in [1.165, 1.54) is 23.5 Å². The number of methoxy groups -OCH3 is 1. The van der Waals surface area contributed by atoms with Crippen molar-refractivity contribution in [3.8, 4) is 5.75 Å². The van der Waals surface area contributed by atoms with Gasteiger partial charge in [-0.15, -0.1) is 0 Å². The van der Waals surface area contributed by atoms with Crippen LogP contribution < -0.4 is 10.1 Å². The number of benzene rings is 2. The van der Waals surface area contributed by atoms with Gasteiger partial charge in [0.1, 0.15) is 11.9 Å². The number of rotatable bonds is 13. The molecule has 2 fully saturated rings. The third-order valence-electron chi connectivity index (χ3n) is 7.48. The number of hydrogen-bond donors (Lipinski definition) is 2. The summed E-state index contributed by atoms with van der Waals surface area (Å²) < 4.78 is 50.7. The van der Waals surface area contributed by atoms with Crippen LogP contribution in [0.5, 0.6) is 5.75 Å². The van der Waals surface area contributed by atoms with E-state index >= 15 is 0 Å². The van der Waals surface area contributed by atoms with Crippen LogP contribution in [-0.2, 0) is 30.7 Å². The van der Waals surface area contributed by atoms with Gasteiger partial charge in [-0.25, -0.2) is 13.2 Å². The molecule has 1 amide bonds. The Hall–Kier alpha value is -3.39. The lowest BCUT2D eigenvalue weighted by Gasteiger charge is -2.34. The predicted molar refractivity (Wildman–Crippen MR) is 157 cm³/mol. The number of fused-ring (bicyclic) bond motifs is 1. The minimum absolute atomic E-state index is 0.0372. The molecule has 4 rings (SSSR count). The number of carbonyl (C=O) groups excluding carboxylic acids is 1. The number of carbonyl (C=O) groups is 1. The zero-order chi connectivity index (χ0) is 31.0. The molecule has 0 aliphatic carbocycles. The average molecular weight is 618 g/mol. The quantitative estimate of drug-likeness (QED) is 0.195. The highest BCUT2D eigenvalue weighted by molar-refractivity contribution is 7.89. The number of nitrogens with zero attached hydrogens (tertiary/aromatic N) is 4. The van der Waals surface area contributed by atoms with Crippen molar-refractivity contribution in [3.63, 3.8) is 0 Å². The van der Waals surface area contributed by atoms with E-state index in [9.17, 15) is 18.3 Å². The van der Waals surface area contributed by atoms with Gasteiger partial charge in [0.05, 0.1) is 49.3 Å². The van der Waals surface area contributed by atoms with Crippen molar-refractivity contribution in [1.82, 2.24) is 9.62 Å². The molecule has 6 atom stereocenters. The Morgan fingerprint density at radius 1 is 1.16 bits per heavy atom. The van der Waals surface area contributed by atoms with Gasteiger partial charge < -0.3 is 29.4 Å². The normalized spacial score (nSPS) is 23.2. The largest absolute Gasteiger partial charge is 0.497 e. The van der Waals surface area contributed by atoms with Crippen molar-refractivity contribution in [3.05, 3.63) is 70.6 Å². The first kappa shape index (κ1) is 32.5. The van der Waals surface area contributed by atoms with Gasteiger partial charge in [0.2, 0.25) is 10.0 Å². The molecular weight excluding hydrogens is 578 g/mol. The van der Waals surface area contributed by atoms with Crippen molar-refractivity contribution in [1.29, 1.82) is 0 Å². The fourth-order valence-electron chi connectivity index (χ4n) is 5.37. The number of ether oxygens (including phenoxy) is 4. The Labute approximate surface area is 251 Å². The minimum Gasteiger partial charge on any atom is -0.497 e.